The van der Waals surface area contributed by atoms with Crippen LogP contribution in [-0.4, -0.2) is 29.1 Å². The average Bonchev–Trinajstić information content (AvgIpc) is 2.33. The lowest BCUT2D eigenvalue weighted by Crippen LogP contribution is -2.46. The smallest absolute Gasteiger partial charge is 0.254 e. The van der Waals surface area contributed by atoms with Gasteiger partial charge >= 0.3 is 0 Å². The van der Waals surface area contributed by atoms with Gasteiger partial charge in [0.25, 0.3) is 5.91 Å². The van der Waals surface area contributed by atoms with Crippen molar-refractivity contribution in [2.24, 2.45) is 5.73 Å². The normalized spacial score (nSPS) is 10.5. The lowest BCUT2D eigenvalue weighted by Gasteiger charge is -2.24. The van der Waals surface area contributed by atoms with E-state index < -0.39 is 23.2 Å². The quantitative estimate of drug-likeness (QED) is 0.708. The molecule has 1 aromatic rings. The molecule has 21 heavy (non-hydrogen) atoms. The van der Waals surface area contributed by atoms with Gasteiger partial charge < -0.3 is 16.2 Å². The summed E-state index contributed by atoms with van der Waals surface area (Å²) in [5.74, 6) is 3.00. The zero-order chi connectivity index (χ0) is 16.0. The maximum absolute atomic E-state index is 13.9. The Kier molecular flexibility index (Phi) is 5.44. The van der Waals surface area contributed by atoms with E-state index in [0.717, 1.165) is 6.07 Å². The van der Waals surface area contributed by atoms with Crippen LogP contribution < -0.4 is 11.1 Å². The van der Waals surface area contributed by atoms with Crippen LogP contribution in [-0.2, 0) is 4.79 Å². The van der Waals surface area contributed by atoms with E-state index in [0.29, 0.717) is 5.56 Å². The summed E-state index contributed by atoms with van der Waals surface area (Å²) in [5, 5.41) is 11.1. The Morgan fingerprint density at radius 2 is 2.10 bits per heavy atom. The van der Waals surface area contributed by atoms with E-state index in [4.69, 9.17) is 10.8 Å². The Balaban J connectivity index is 2.91. The van der Waals surface area contributed by atoms with Gasteiger partial charge in [-0.2, -0.15) is 0 Å². The van der Waals surface area contributed by atoms with Gasteiger partial charge in [-0.15, -0.1) is 0 Å². The summed E-state index contributed by atoms with van der Waals surface area (Å²) >= 11 is 0. The lowest BCUT2D eigenvalue weighted by molar-refractivity contribution is -0.119. The Morgan fingerprint density at radius 1 is 1.43 bits per heavy atom. The maximum atomic E-state index is 13.9. The van der Waals surface area contributed by atoms with Crippen LogP contribution >= 0.6 is 0 Å². The lowest BCUT2D eigenvalue weighted by atomic mass is 9.99. The number of hydrogen-bond acceptors (Lipinski definition) is 3. The third-order valence-electron chi connectivity index (χ3n) is 2.59. The van der Waals surface area contributed by atoms with E-state index in [2.05, 4.69) is 17.2 Å². The van der Waals surface area contributed by atoms with Crippen LogP contribution in [0.1, 0.15) is 36.2 Å². The van der Waals surface area contributed by atoms with E-state index in [-0.39, 0.29) is 18.6 Å². The molecule has 2 amide bonds. The topological polar surface area (TPSA) is 92.4 Å². The second-order valence-electron chi connectivity index (χ2n) is 5.14. The van der Waals surface area contributed by atoms with Crippen molar-refractivity contribution in [2.45, 2.75) is 25.8 Å². The summed E-state index contributed by atoms with van der Waals surface area (Å²) in [7, 11) is 0. The molecular weight excluding hydrogens is 275 g/mol. The number of nitrogens with two attached hydrogens (primary N) is 1. The first-order chi connectivity index (χ1) is 9.75. The predicted octanol–water partition coefficient (Wildman–Crippen LogP) is 0.553. The third kappa shape index (κ3) is 5.24. The summed E-state index contributed by atoms with van der Waals surface area (Å²) in [5.41, 5.74) is 4.42. The molecule has 0 radical (unpaired) electrons. The highest BCUT2D eigenvalue weighted by Gasteiger charge is 2.24. The van der Waals surface area contributed by atoms with Crippen LogP contribution in [0.15, 0.2) is 18.2 Å². The van der Waals surface area contributed by atoms with Crippen molar-refractivity contribution in [1.29, 1.82) is 0 Å². The zero-order valence-electron chi connectivity index (χ0n) is 11.9. The first kappa shape index (κ1) is 16.7. The van der Waals surface area contributed by atoms with E-state index in [9.17, 15) is 14.0 Å². The molecule has 0 atom stereocenters. The molecule has 0 heterocycles. The molecule has 5 nitrogen and oxygen atoms in total. The van der Waals surface area contributed by atoms with E-state index in [1.807, 2.05) is 0 Å². The monoisotopic (exact) mass is 292 g/mol. The first-order valence-corrected chi connectivity index (χ1v) is 6.25. The molecule has 4 N–H and O–H groups in total. The second kappa shape index (κ2) is 6.86. The molecule has 0 unspecified atom stereocenters. The van der Waals surface area contributed by atoms with Gasteiger partial charge in [0.05, 0.1) is 5.56 Å². The van der Waals surface area contributed by atoms with E-state index >= 15 is 0 Å². The number of primary amides is 1. The first-order valence-electron chi connectivity index (χ1n) is 6.25. The van der Waals surface area contributed by atoms with E-state index in [1.165, 1.54) is 12.1 Å². The van der Waals surface area contributed by atoms with Crippen LogP contribution in [0.2, 0.25) is 0 Å². The highest BCUT2D eigenvalue weighted by molar-refractivity contribution is 5.95. The minimum atomic E-state index is -0.870. The van der Waals surface area contributed by atoms with Crippen LogP contribution in [0.4, 0.5) is 4.39 Å². The second-order valence-corrected chi connectivity index (χ2v) is 5.14. The van der Waals surface area contributed by atoms with Crippen molar-refractivity contribution in [2.75, 3.05) is 6.61 Å². The molecule has 6 heteroatoms. The number of benzene rings is 1. The van der Waals surface area contributed by atoms with Crippen molar-refractivity contribution in [3.63, 3.8) is 0 Å². The molecule has 0 aliphatic rings. The van der Waals surface area contributed by atoms with Crippen molar-refractivity contribution >= 4 is 11.8 Å². The number of amides is 2. The number of carbonyl (C=O) groups excluding carboxylic acids is 2. The highest BCUT2D eigenvalue weighted by atomic mass is 19.1. The largest absolute Gasteiger partial charge is 0.384 e. The van der Waals surface area contributed by atoms with Crippen molar-refractivity contribution in [3.8, 4) is 11.8 Å². The average molecular weight is 292 g/mol. The Hall–Kier alpha value is -2.39. The fourth-order valence-electron chi connectivity index (χ4n) is 1.77. The molecule has 0 aliphatic heterocycles. The minimum absolute atomic E-state index is 0.0551. The molecular formula is C15H17FN2O3. The Labute approximate surface area is 122 Å². The van der Waals surface area contributed by atoms with Crippen LogP contribution in [0.5, 0.6) is 0 Å². The molecule has 0 spiro atoms. The number of halogens is 1. The fourth-order valence-corrected chi connectivity index (χ4v) is 1.77. The van der Waals surface area contributed by atoms with Crippen LogP contribution in [0, 0.1) is 17.7 Å². The predicted molar refractivity (Wildman–Crippen MR) is 75.7 cm³/mol. The molecule has 1 rings (SSSR count). The van der Waals surface area contributed by atoms with Crippen molar-refractivity contribution < 1.29 is 19.1 Å². The minimum Gasteiger partial charge on any atom is -0.384 e. The third-order valence-corrected chi connectivity index (χ3v) is 2.59. The number of aliphatic hydroxyl groups excluding tert-OH is 1. The van der Waals surface area contributed by atoms with Crippen molar-refractivity contribution in [1.82, 2.24) is 5.32 Å². The van der Waals surface area contributed by atoms with Crippen LogP contribution in [0.25, 0.3) is 0 Å². The SMILES string of the molecule is CC(C)(CC(N)=O)NC(=O)c1ccc(C#CCO)cc1F. The standard InChI is InChI=1S/C15H17FN2O3/c1-15(2,9-13(17)20)18-14(21)11-6-5-10(4-3-7-19)8-12(11)16/h5-6,8,19H,7,9H2,1-2H3,(H2,17,20)(H,18,21). The van der Waals surface area contributed by atoms with Gasteiger partial charge in [0, 0.05) is 17.5 Å². The molecule has 0 saturated heterocycles. The summed E-state index contributed by atoms with van der Waals surface area (Å²) < 4.78 is 13.9. The van der Waals surface area contributed by atoms with Gasteiger partial charge in [0.2, 0.25) is 5.91 Å². The fraction of sp³-hybridized carbons (Fsp3) is 0.333. The zero-order valence-corrected chi connectivity index (χ0v) is 11.9. The van der Waals surface area contributed by atoms with Gasteiger partial charge in [-0.3, -0.25) is 9.59 Å². The molecule has 112 valence electrons. The molecule has 0 bridgehead atoms. The summed E-state index contributed by atoms with van der Waals surface area (Å²) in [4.78, 5) is 22.9. The van der Waals surface area contributed by atoms with Gasteiger partial charge in [-0.05, 0) is 32.0 Å². The summed E-state index contributed by atoms with van der Waals surface area (Å²) in [6.07, 6.45) is -0.0551. The number of rotatable bonds is 4. The number of nitrogens with one attached hydrogen (secondary N) is 1. The number of hydrogen-bond donors (Lipinski definition) is 3. The number of aliphatic hydroxyl groups is 1. The molecule has 0 fully saturated rings. The van der Waals surface area contributed by atoms with Crippen molar-refractivity contribution in [3.05, 3.63) is 35.1 Å². The van der Waals surface area contributed by atoms with Gasteiger partial charge in [-0.25, -0.2) is 4.39 Å². The molecule has 1 aromatic carbocycles. The number of carbonyl (C=O) groups is 2. The molecule has 0 aliphatic carbocycles. The summed E-state index contributed by atoms with van der Waals surface area (Å²) in [6.45, 7) is 2.91. The Bertz CT molecular complexity index is 615. The van der Waals surface area contributed by atoms with E-state index in [1.54, 1.807) is 13.8 Å². The van der Waals surface area contributed by atoms with Gasteiger partial charge in [0.1, 0.15) is 12.4 Å². The van der Waals surface area contributed by atoms with Gasteiger partial charge in [-0.1, -0.05) is 11.8 Å². The molecule has 0 saturated carbocycles. The van der Waals surface area contributed by atoms with Crippen LogP contribution in [0.3, 0.4) is 0 Å². The maximum Gasteiger partial charge on any atom is 0.254 e. The highest BCUT2D eigenvalue weighted by Crippen LogP contribution is 2.13. The Morgan fingerprint density at radius 3 is 2.62 bits per heavy atom. The van der Waals surface area contributed by atoms with Gasteiger partial charge in [0.15, 0.2) is 0 Å². The summed E-state index contributed by atoms with van der Waals surface area (Å²) in [6, 6.07) is 3.88. The molecule has 0 aromatic heterocycles.